The van der Waals surface area contributed by atoms with Gasteiger partial charge in [0.1, 0.15) is 0 Å². The highest BCUT2D eigenvalue weighted by Crippen LogP contribution is 2.44. The number of hydrogen-bond donors (Lipinski definition) is 1. The second-order valence-corrected chi connectivity index (χ2v) is 7.40. The first-order valence-electron chi connectivity index (χ1n) is 7.96. The molecule has 1 atom stereocenters. The van der Waals surface area contributed by atoms with E-state index in [-0.39, 0.29) is 6.17 Å². The van der Waals surface area contributed by atoms with Crippen molar-refractivity contribution < 1.29 is 4.79 Å². The van der Waals surface area contributed by atoms with E-state index < -0.39 is 0 Å². The molecule has 2 fully saturated rings. The lowest BCUT2D eigenvalue weighted by atomic mass is 9.78. The fourth-order valence-corrected chi connectivity index (χ4v) is 4.12. The van der Waals surface area contributed by atoms with Gasteiger partial charge in [-0.3, -0.25) is 10.1 Å². The van der Waals surface area contributed by atoms with Crippen LogP contribution in [-0.2, 0) is 4.79 Å². The molecule has 1 unspecified atom stereocenters. The summed E-state index contributed by atoms with van der Waals surface area (Å²) < 4.78 is 0. The summed E-state index contributed by atoms with van der Waals surface area (Å²) >= 11 is 0. The van der Waals surface area contributed by atoms with Gasteiger partial charge in [-0.05, 0) is 36.5 Å². The summed E-state index contributed by atoms with van der Waals surface area (Å²) in [6.07, 6.45) is 6.81. The molecule has 1 amide bonds. The van der Waals surface area contributed by atoms with E-state index in [0.717, 1.165) is 12.5 Å². The SMILES string of the molecule is CC(C)CC1(CN2C(=O)CNC2C(C)C)CCCC1. The molecule has 1 N–H and O–H groups in total. The minimum absolute atomic E-state index is 0.247. The number of amides is 1. The Morgan fingerprint density at radius 2 is 1.89 bits per heavy atom. The normalized spacial score (nSPS) is 26.9. The van der Waals surface area contributed by atoms with Crippen molar-refractivity contribution in [1.82, 2.24) is 10.2 Å². The van der Waals surface area contributed by atoms with Gasteiger partial charge in [-0.1, -0.05) is 40.5 Å². The molecule has 2 rings (SSSR count). The zero-order valence-corrected chi connectivity index (χ0v) is 13.0. The zero-order chi connectivity index (χ0) is 14.0. The molecular formula is C16H30N2O. The highest BCUT2D eigenvalue weighted by atomic mass is 16.2. The highest BCUT2D eigenvalue weighted by molar-refractivity contribution is 5.80. The van der Waals surface area contributed by atoms with Crippen molar-refractivity contribution in [2.24, 2.45) is 17.3 Å². The summed E-state index contributed by atoms with van der Waals surface area (Å²) in [7, 11) is 0. The highest BCUT2D eigenvalue weighted by Gasteiger charge is 2.41. The van der Waals surface area contributed by atoms with Crippen LogP contribution >= 0.6 is 0 Å². The Balaban J connectivity index is 2.09. The largest absolute Gasteiger partial charge is 0.325 e. The van der Waals surface area contributed by atoms with Crippen molar-refractivity contribution in [3.63, 3.8) is 0 Å². The maximum atomic E-state index is 12.2. The molecule has 1 saturated carbocycles. The number of nitrogens with zero attached hydrogens (tertiary/aromatic N) is 1. The first-order valence-corrected chi connectivity index (χ1v) is 7.96. The van der Waals surface area contributed by atoms with E-state index in [4.69, 9.17) is 0 Å². The topological polar surface area (TPSA) is 32.3 Å². The zero-order valence-electron chi connectivity index (χ0n) is 13.0. The molecule has 1 saturated heterocycles. The number of carbonyl (C=O) groups is 1. The lowest BCUT2D eigenvalue weighted by Gasteiger charge is -2.38. The summed E-state index contributed by atoms with van der Waals surface area (Å²) in [6, 6.07) is 0. The van der Waals surface area contributed by atoms with Crippen LogP contribution in [0, 0.1) is 17.3 Å². The lowest BCUT2D eigenvalue weighted by molar-refractivity contribution is -0.130. The standard InChI is InChI=1S/C16H30N2O/c1-12(2)9-16(7-5-6-8-16)11-18-14(19)10-17-15(18)13(3)4/h12-13,15,17H,5-11H2,1-4H3. The second kappa shape index (κ2) is 5.82. The Morgan fingerprint density at radius 3 is 2.42 bits per heavy atom. The first kappa shape index (κ1) is 14.8. The molecule has 19 heavy (non-hydrogen) atoms. The van der Waals surface area contributed by atoms with Crippen LogP contribution in [0.3, 0.4) is 0 Å². The Labute approximate surface area is 118 Å². The van der Waals surface area contributed by atoms with Crippen LogP contribution < -0.4 is 5.32 Å². The summed E-state index contributed by atoms with van der Waals surface area (Å²) in [5.74, 6) is 1.51. The van der Waals surface area contributed by atoms with Crippen LogP contribution in [0.1, 0.15) is 59.8 Å². The molecule has 1 heterocycles. The van der Waals surface area contributed by atoms with Gasteiger partial charge in [0.25, 0.3) is 0 Å². The fourth-order valence-electron chi connectivity index (χ4n) is 4.12. The van der Waals surface area contributed by atoms with E-state index in [9.17, 15) is 4.79 Å². The van der Waals surface area contributed by atoms with Gasteiger partial charge in [-0.15, -0.1) is 0 Å². The van der Waals surface area contributed by atoms with Crippen molar-refractivity contribution in [2.75, 3.05) is 13.1 Å². The summed E-state index contributed by atoms with van der Waals surface area (Å²) in [5.41, 5.74) is 0.392. The van der Waals surface area contributed by atoms with Gasteiger partial charge in [-0.25, -0.2) is 0 Å². The average molecular weight is 266 g/mol. The van der Waals surface area contributed by atoms with Crippen molar-refractivity contribution >= 4 is 5.91 Å². The molecular weight excluding hydrogens is 236 g/mol. The van der Waals surface area contributed by atoms with E-state index in [0.29, 0.717) is 23.8 Å². The smallest absolute Gasteiger partial charge is 0.237 e. The third-order valence-electron chi connectivity index (χ3n) is 4.76. The summed E-state index contributed by atoms with van der Waals surface area (Å²) in [6.45, 7) is 10.5. The average Bonchev–Trinajstić information content (AvgIpc) is 2.87. The van der Waals surface area contributed by atoms with Gasteiger partial charge in [0.05, 0.1) is 12.7 Å². The Morgan fingerprint density at radius 1 is 1.26 bits per heavy atom. The van der Waals surface area contributed by atoms with Gasteiger partial charge in [0.15, 0.2) is 0 Å². The molecule has 0 aromatic carbocycles. The predicted octanol–water partition coefficient (Wildman–Crippen LogP) is 3.01. The second-order valence-electron chi connectivity index (χ2n) is 7.40. The van der Waals surface area contributed by atoms with Crippen LogP contribution in [0.5, 0.6) is 0 Å². The minimum Gasteiger partial charge on any atom is -0.325 e. The predicted molar refractivity (Wildman–Crippen MR) is 78.7 cm³/mol. The molecule has 0 spiro atoms. The van der Waals surface area contributed by atoms with Gasteiger partial charge in [0.2, 0.25) is 5.91 Å². The molecule has 3 nitrogen and oxygen atoms in total. The van der Waals surface area contributed by atoms with Gasteiger partial charge < -0.3 is 4.90 Å². The Bertz CT molecular complexity index is 319. The van der Waals surface area contributed by atoms with Crippen molar-refractivity contribution in [3.8, 4) is 0 Å². The number of carbonyl (C=O) groups excluding carboxylic acids is 1. The van der Waals surface area contributed by atoms with Crippen LogP contribution in [-0.4, -0.2) is 30.1 Å². The minimum atomic E-state index is 0.247. The summed E-state index contributed by atoms with van der Waals surface area (Å²) in [5, 5.41) is 3.38. The van der Waals surface area contributed by atoms with E-state index in [1.807, 2.05) is 0 Å². The number of hydrogen-bond acceptors (Lipinski definition) is 2. The van der Waals surface area contributed by atoms with Crippen molar-refractivity contribution in [1.29, 1.82) is 0 Å². The molecule has 0 aromatic rings. The molecule has 0 aromatic heterocycles. The monoisotopic (exact) mass is 266 g/mol. The maximum Gasteiger partial charge on any atom is 0.237 e. The molecule has 0 bridgehead atoms. The van der Waals surface area contributed by atoms with E-state index in [1.165, 1.54) is 32.1 Å². The van der Waals surface area contributed by atoms with Crippen molar-refractivity contribution in [3.05, 3.63) is 0 Å². The first-order chi connectivity index (χ1) is 8.93. The van der Waals surface area contributed by atoms with Crippen LogP contribution in [0.15, 0.2) is 0 Å². The van der Waals surface area contributed by atoms with Gasteiger partial charge in [-0.2, -0.15) is 0 Å². The molecule has 1 aliphatic heterocycles. The van der Waals surface area contributed by atoms with E-state index in [2.05, 4.69) is 37.9 Å². The Kier molecular flexibility index (Phi) is 4.54. The molecule has 110 valence electrons. The maximum absolute atomic E-state index is 12.2. The molecule has 2 aliphatic rings. The number of rotatable bonds is 5. The van der Waals surface area contributed by atoms with Gasteiger partial charge in [0, 0.05) is 6.54 Å². The third-order valence-corrected chi connectivity index (χ3v) is 4.76. The lowest BCUT2D eigenvalue weighted by Crippen LogP contribution is -2.46. The summed E-state index contributed by atoms with van der Waals surface area (Å²) in [4.78, 5) is 14.3. The van der Waals surface area contributed by atoms with Crippen LogP contribution in [0.2, 0.25) is 0 Å². The van der Waals surface area contributed by atoms with Gasteiger partial charge >= 0.3 is 0 Å². The molecule has 3 heteroatoms. The molecule has 1 aliphatic carbocycles. The van der Waals surface area contributed by atoms with E-state index >= 15 is 0 Å². The Hall–Kier alpha value is -0.570. The fraction of sp³-hybridized carbons (Fsp3) is 0.938. The van der Waals surface area contributed by atoms with Crippen molar-refractivity contribution in [2.45, 2.75) is 66.0 Å². The third kappa shape index (κ3) is 3.31. The quantitative estimate of drug-likeness (QED) is 0.829. The number of nitrogens with one attached hydrogen (secondary N) is 1. The molecule has 0 radical (unpaired) electrons. The van der Waals surface area contributed by atoms with Crippen LogP contribution in [0.25, 0.3) is 0 Å². The van der Waals surface area contributed by atoms with E-state index in [1.54, 1.807) is 0 Å². The van der Waals surface area contributed by atoms with Crippen LogP contribution in [0.4, 0.5) is 0 Å².